The van der Waals surface area contributed by atoms with E-state index in [1.165, 1.54) is 0 Å². The third kappa shape index (κ3) is 2.78. The van der Waals surface area contributed by atoms with Gasteiger partial charge in [0.05, 0.1) is 7.11 Å². The van der Waals surface area contributed by atoms with Crippen molar-refractivity contribution in [2.45, 2.75) is 5.60 Å². The summed E-state index contributed by atoms with van der Waals surface area (Å²) in [5.74, 6) is 3.22. The summed E-state index contributed by atoms with van der Waals surface area (Å²) in [6, 6.07) is 24.7. The number of hydrogen-bond acceptors (Lipinski definition) is 2. The Balaban J connectivity index is 2.27. The van der Waals surface area contributed by atoms with Gasteiger partial charge in [0.1, 0.15) is 5.75 Å². The molecule has 0 aliphatic rings. The van der Waals surface area contributed by atoms with E-state index in [1.54, 1.807) is 13.2 Å². The maximum Gasteiger partial charge on any atom is 0.177 e. The molecule has 24 heavy (non-hydrogen) atoms. The van der Waals surface area contributed by atoms with E-state index in [9.17, 15) is 5.11 Å². The summed E-state index contributed by atoms with van der Waals surface area (Å²) in [6.45, 7) is 0. The monoisotopic (exact) mass is 314 g/mol. The lowest BCUT2D eigenvalue weighted by Crippen LogP contribution is -2.26. The second kappa shape index (κ2) is 6.62. The maximum absolute atomic E-state index is 11.3. The molecule has 3 aromatic carbocycles. The molecule has 0 spiro atoms. The van der Waals surface area contributed by atoms with E-state index in [0.29, 0.717) is 16.9 Å². The van der Waals surface area contributed by atoms with E-state index in [2.05, 4.69) is 5.92 Å². The van der Waals surface area contributed by atoms with Crippen LogP contribution < -0.4 is 4.74 Å². The Hall–Kier alpha value is -3.02. The van der Waals surface area contributed by atoms with Gasteiger partial charge in [-0.2, -0.15) is 0 Å². The lowest BCUT2D eigenvalue weighted by atomic mass is 9.82. The third-order valence-electron chi connectivity index (χ3n) is 4.10. The van der Waals surface area contributed by atoms with Gasteiger partial charge in [-0.25, -0.2) is 0 Å². The van der Waals surface area contributed by atoms with Gasteiger partial charge in [0, 0.05) is 11.1 Å². The van der Waals surface area contributed by atoms with Gasteiger partial charge in [-0.05, 0) is 23.3 Å². The van der Waals surface area contributed by atoms with Gasteiger partial charge in [0.2, 0.25) is 0 Å². The molecule has 0 radical (unpaired) electrons. The smallest absolute Gasteiger partial charge is 0.177 e. The largest absolute Gasteiger partial charge is 0.497 e. The van der Waals surface area contributed by atoms with Crippen molar-refractivity contribution in [1.29, 1.82) is 0 Å². The minimum atomic E-state index is -1.54. The van der Waals surface area contributed by atoms with Crippen LogP contribution in [-0.4, -0.2) is 12.2 Å². The van der Waals surface area contributed by atoms with Gasteiger partial charge >= 0.3 is 0 Å². The second-order valence-corrected chi connectivity index (χ2v) is 5.50. The highest BCUT2D eigenvalue weighted by Crippen LogP contribution is 2.38. The van der Waals surface area contributed by atoms with Crippen molar-refractivity contribution in [3.8, 4) is 29.2 Å². The summed E-state index contributed by atoms with van der Waals surface area (Å²) in [4.78, 5) is 0. The first-order valence-electron chi connectivity index (χ1n) is 7.68. The highest BCUT2D eigenvalue weighted by atomic mass is 16.5. The molecule has 0 saturated heterocycles. The van der Waals surface area contributed by atoms with Gasteiger partial charge in [-0.1, -0.05) is 72.7 Å². The van der Waals surface area contributed by atoms with Crippen LogP contribution in [0.15, 0.2) is 78.9 Å². The van der Waals surface area contributed by atoms with E-state index >= 15 is 0 Å². The van der Waals surface area contributed by atoms with Gasteiger partial charge in [-0.3, -0.25) is 0 Å². The number of ether oxygens (including phenoxy) is 1. The molecule has 2 heteroatoms. The van der Waals surface area contributed by atoms with Crippen LogP contribution in [0.1, 0.15) is 11.1 Å². The molecule has 0 amide bonds. The van der Waals surface area contributed by atoms with Crippen molar-refractivity contribution in [2.24, 2.45) is 0 Å². The molecule has 1 atom stereocenters. The van der Waals surface area contributed by atoms with Crippen LogP contribution >= 0.6 is 0 Å². The molecule has 0 fully saturated rings. The summed E-state index contributed by atoms with van der Waals surface area (Å²) in [5, 5.41) is 11.3. The summed E-state index contributed by atoms with van der Waals surface area (Å²) in [5.41, 5.74) is 1.60. The third-order valence-corrected chi connectivity index (χ3v) is 4.10. The summed E-state index contributed by atoms with van der Waals surface area (Å²) in [6.07, 6.45) is 5.77. The molecule has 0 bridgehead atoms. The first-order valence-corrected chi connectivity index (χ1v) is 7.68. The minimum absolute atomic E-state index is 0.627. The lowest BCUT2D eigenvalue weighted by Gasteiger charge is -2.26. The normalized spacial score (nSPS) is 12.9. The topological polar surface area (TPSA) is 29.5 Å². The number of terminal acetylenes is 1. The molecule has 1 N–H and O–H groups in total. The van der Waals surface area contributed by atoms with Crippen LogP contribution in [0.3, 0.4) is 0 Å². The fourth-order valence-electron chi connectivity index (χ4n) is 2.82. The summed E-state index contributed by atoms with van der Waals surface area (Å²) < 4.78 is 5.34. The van der Waals surface area contributed by atoms with Crippen LogP contribution in [0.2, 0.25) is 0 Å². The zero-order valence-electron chi connectivity index (χ0n) is 13.4. The molecule has 3 aromatic rings. The van der Waals surface area contributed by atoms with E-state index in [1.807, 2.05) is 72.8 Å². The zero-order valence-corrected chi connectivity index (χ0v) is 13.4. The molecule has 0 aromatic heterocycles. The lowest BCUT2D eigenvalue weighted by molar-refractivity contribution is 0.145. The highest BCUT2D eigenvalue weighted by molar-refractivity contribution is 5.72. The molecule has 0 aliphatic carbocycles. The molecule has 3 rings (SSSR count). The Morgan fingerprint density at radius 3 is 2.12 bits per heavy atom. The molecule has 0 heterocycles. The standard InChI is InChI=1S/C22H18O2/c1-3-22(23,18-12-8-5-9-13-18)21-16-19(24-2)14-15-20(21)17-10-6-4-7-11-17/h1,4-16,23H,2H3. The fraction of sp³-hybridized carbons (Fsp3) is 0.0909. The summed E-state index contributed by atoms with van der Waals surface area (Å²) in [7, 11) is 1.60. The Bertz CT molecular complexity index is 863. The van der Waals surface area contributed by atoms with Crippen LogP contribution in [0.4, 0.5) is 0 Å². The van der Waals surface area contributed by atoms with Gasteiger partial charge in [0.15, 0.2) is 5.60 Å². The Labute approximate surface area is 142 Å². The van der Waals surface area contributed by atoms with Crippen LogP contribution in [0.5, 0.6) is 5.75 Å². The Morgan fingerprint density at radius 2 is 1.54 bits per heavy atom. The molecular formula is C22H18O2. The predicted octanol–water partition coefficient (Wildman–Crippen LogP) is 4.23. The Kier molecular flexibility index (Phi) is 4.37. The maximum atomic E-state index is 11.3. The van der Waals surface area contributed by atoms with Crippen molar-refractivity contribution < 1.29 is 9.84 Å². The predicted molar refractivity (Wildman–Crippen MR) is 96.7 cm³/mol. The van der Waals surface area contributed by atoms with E-state index < -0.39 is 5.60 Å². The number of hydrogen-bond donors (Lipinski definition) is 1. The number of methoxy groups -OCH3 is 1. The van der Waals surface area contributed by atoms with Crippen molar-refractivity contribution >= 4 is 0 Å². The average molecular weight is 314 g/mol. The van der Waals surface area contributed by atoms with Crippen molar-refractivity contribution in [2.75, 3.05) is 7.11 Å². The van der Waals surface area contributed by atoms with Crippen LogP contribution in [0, 0.1) is 12.3 Å². The molecule has 118 valence electrons. The minimum Gasteiger partial charge on any atom is -0.497 e. The highest BCUT2D eigenvalue weighted by Gasteiger charge is 2.32. The SMILES string of the molecule is C#CC(O)(c1ccccc1)c1cc(OC)ccc1-c1ccccc1. The van der Waals surface area contributed by atoms with Crippen molar-refractivity contribution in [3.63, 3.8) is 0 Å². The number of rotatable bonds is 4. The number of aliphatic hydroxyl groups is 1. The molecule has 0 saturated carbocycles. The van der Waals surface area contributed by atoms with Crippen LogP contribution in [-0.2, 0) is 5.60 Å². The van der Waals surface area contributed by atoms with E-state index in [-0.39, 0.29) is 0 Å². The van der Waals surface area contributed by atoms with E-state index in [4.69, 9.17) is 11.2 Å². The first-order chi connectivity index (χ1) is 11.7. The quantitative estimate of drug-likeness (QED) is 0.730. The summed E-state index contributed by atoms with van der Waals surface area (Å²) >= 11 is 0. The molecule has 2 nitrogen and oxygen atoms in total. The molecular weight excluding hydrogens is 296 g/mol. The van der Waals surface area contributed by atoms with Crippen LogP contribution in [0.25, 0.3) is 11.1 Å². The van der Waals surface area contributed by atoms with E-state index in [0.717, 1.165) is 11.1 Å². The van der Waals surface area contributed by atoms with Gasteiger partial charge < -0.3 is 9.84 Å². The molecule has 0 aliphatic heterocycles. The van der Waals surface area contributed by atoms with Gasteiger partial charge in [0.25, 0.3) is 0 Å². The average Bonchev–Trinajstić information content (AvgIpc) is 2.68. The van der Waals surface area contributed by atoms with Crippen molar-refractivity contribution in [3.05, 3.63) is 90.0 Å². The fourth-order valence-corrected chi connectivity index (χ4v) is 2.82. The second-order valence-electron chi connectivity index (χ2n) is 5.50. The van der Waals surface area contributed by atoms with Crippen molar-refractivity contribution in [1.82, 2.24) is 0 Å². The zero-order chi connectivity index (χ0) is 17.0. The first kappa shape index (κ1) is 15.9. The Morgan fingerprint density at radius 1 is 0.917 bits per heavy atom. The van der Waals surface area contributed by atoms with Gasteiger partial charge in [-0.15, -0.1) is 6.42 Å². The molecule has 1 unspecified atom stereocenters. The number of benzene rings is 3.